The molecule has 200 valence electrons. The van der Waals surface area contributed by atoms with Crippen molar-refractivity contribution in [2.75, 3.05) is 13.2 Å². The number of carbonyl (C=O) groups excluding carboxylic acids is 2. The maximum absolute atomic E-state index is 11.3. The van der Waals surface area contributed by atoms with Crippen LogP contribution in [0.5, 0.6) is 11.5 Å². The van der Waals surface area contributed by atoms with E-state index in [0.717, 1.165) is 11.1 Å². The molecule has 8 nitrogen and oxygen atoms in total. The first-order valence-electron chi connectivity index (χ1n) is 12.1. The second kappa shape index (κ2) is 14.8. The Kier molecular flexibility index (Phi) is 11.9. The number of hydrogen-bond donors (Lipinski definition) is 2. The summed E-state index contributed by atoms with van der Waals surface area (Å²) in [5.41, 5.74) is 1.88. The van der Waals surface area contributed by atoms with Crippen molar-refractivity contribution in [3.63, 3.8) is 0 Å². The highest BCUT2D eigenvalue weighted by atomic mass is 16.6. The average Bonchev–Trinajstić information content (AvgIpc) is 2.85. The third kappa shape index (κ3) is 10.1. The summed E-state index contributed by atoms with van der Waals surface area (Å²) in [5, 5.41) is 19.5. The largest absolute Gasteiger partial charge is 0.493 e. The van der Waals surface area contributed by atoms with Gasteiger partial charge < -0.3 is 29.2 Å². The number of hydrogen-bond acceptors (Lipinski definition) is 8. The lowest BCUT2D eigenvalue weighted by molar-refractivity contribution is -0.164. The van der Waals surface area contributed by atoms with Crippen LogP contribution in [0.2, 0.25) is 0 Å². The Balaban J connectivity index is 1.85. The second-order valence-electron chi connectivity index (χ2n) is 8.73. The molecule has 0 bridgehead atoms. The summed E-state index contributed by atoms with van der Waals surface area (Å²) < 4.78 is 20.9. The van der Waals surface area contributed by atoms with Gasteiger partial charge >= 0.3 is 11.9 Å². The normalized spacial score (nSPS) is 13.4. The van der Waals surface area contributed by atoms with E-state index in [9.17, 15) is 19.8 Å². The summed E-state index contributed by atoms with van der Waals surface area (Å²) in [5.74, 6) is 0.105. The topological polar surface area (TPSA) is 112 Å². The Hall–Kier alpha value is -3.62. The van der Waals surface area contributed by atoms with Crippen LogP contribution in [0.25, 0.3) is 0 Å². The molecule has 2 rings (SSSR count). The molecule has 2 atom stereocenters. The summed E-state index contributed by atoms with van der Waals surface area (Å²) in [6.07, 6.45) is 3.43. The number of esters is 2. The first-order valence-corrected chi connectivity index (χ1v) is 12.1. The Morgan fingerprint density at radius 2 is 1.08 bits per heavy atom. The third-order valence-corrected chi connectivity index (χ3v) is 5.53. The van der Waals surface area contributed by atoms with Gasteiger partial charge in [0.2, 0.25) is 12.6 Å². The van der Waals surface area contributed by atoms with Crippen molar-refractivity contribution in [3.8, 4) is 11.5 Å². The van der Waals surface area contributed by atoms with Crippen molar-refractivity contribution in [2.24, 2.45) is 0 Å². The fraction of sp³-hybridized carbons (Fsp3) is 0.379. The Morgan fingerprint density at radius 3 is 1.41 bits per heavy atom. The molecule has 2 aromatic rings. The average molecular weight is 513 g/mol. The SMILES string of the molecule is CC=CC(=O)OC(O)CCOc1ccc(C(C)(C)c2ccc(OCCC(O)OC(=O)C=CC)cc2)cc1. The molecule has 0 aliphatic rings. The number of rotatable bonds is 14. The lowest BCUT2D eigenvalue weighted by Gasteiger charge is -2.26. The van der Waals surface area contributed by atoms with Crippen molar-refractivity contribution in [3.05, 3.63) is 84.0 Å². The number of carbonyl (C=O) groups is 2. The van der Waals surface area contributed by atoms with Crippen LogP contribution >= 0.6 is 0 Å². The second-order valence-corrected chi connectivity index (χ2v) is 8.73. The van der Waals surface area contributed by atoms with E-state index >= 15 is 0 Å². The van der Waals surface area contributed by atoms with E-state index in [-0.39, 0.29) is 31.5 Å². The van der Waals surface area contributed by atoms with Crippen LogP contribution in [-0.2, 0) is 24.5 Å². The van der Waals surface area contributed by atoms with Crippen LogP contribution in [0.15, 0.2) is 72.8 Å². The zero-order valence-electron chi connectivity index (χ0n) is 21.8. The Labute approximate surface area is 218 Å². The van der Waals surface area contributed by atoms with Crippen molar-refractivity contribution < 1.29 is 38.7 Å². The molecule has 0 aliphatic carbocycles. The molecule has 0 fully saturated rings. The van der Waals surface area contributed by atoms with Crippen molar-refractivity contribution in [1.29, 1.82) is 0 Å². The van der Waals surface area contributed by atoms with Gasteiger partial charge in [-0.25, -0.2) is 9.59 Å². The van der Waals surface area contributed by atoms with E-state index in [2.05, 4.69) is 13.8 Å². The molecule has 2 N–H and O–H groups in total. The number of aliphatic hydroxyl groups is 2. The van der Waals surface area contributed by atoms with E-state index in [1.165, 1.54) is 12.2 Å². The van der Waals surface area contributed by atoms with Gasteiger partial charge in [0.15, 0.2) is 0 Å². The predicted molar refractivity (Wildman–Crippen MR) is 139 cm³/mol. The molecule has 0 aliphatic heterocycles. The zero-order valence-corrected chi connectivity index (χ0v) is 21.8. The summed E-state index contributed by atoms with van der Waals surface area (Å²) in [4.78, 5) is 22.7. The fourth-order valence-corrected chi connectivity index (χ4v) is 3.39. The lowest BCUT2D eigenvalue weighted by Crippen LogP contribution is -2.20. The molecular weight excluding hydrogens is 476 g/mol. The van der Waals surface area contributed by atoms with Gasteiger partial charge in [0.05, 0.1) is 13.2 Å². The molecule has 37 heavy (non-hydrogen) atoms. The number of benzene rings is 2. The van der Waals surface area contributed by atoms with Gasteiger partial charge in [-0.05, 0) is 49.2 Å². The summed E-state index contributed by atoms with van der Waals surface area (Å²) in [6.45, 7) is 8.01. The van der Waals surface area contributed by atoms with Crippen molar-refractivity contribution in [1.82, 2.24) is 0 Å². The molecule has 0 saturated heterocycles. The monoisotopic (exact) mass is 512 g/mol. The maximum atomic E-state index is 11.3. The molecule has 0 aromatic heterocycles. The summed E-state index contributed by atoms with van der Waals surface area (Å²) in [7, 11) is 0. The molecular formula is C29H36O8. The minimum Gasteiger partial charge on any atom is -0.493 e. The highest BCUT2D eigenvalue weighted by Crippen LogP contribution is 2.33. The van der Waals surface area contributed by atoms with Gasteiger partial charge in [-0.2, -0.15) is 0 Å². The van der Waals surface area contributed by atoms with E-state index in [4.69, 9.17) is 18.9 Å². The van der Waals surface area contributed by atoms with Crippen LogP contribution in [-0.4, -0.2) is 47.9 Å². The Bertz CT molecular complexity index is 955. The van der Waals surface area contributed by atoms with Gasteiger partial charge in [0.25, 0.3) is 0 Å². The maximum Gasteiger partial charge on any atom is 0.332 e. The van der Waals surface area contributed by atoms with E-state index in [1.54, 1.807) is 26.0 Å². The zero-order chi connectivity index (χ0) is 27.3. The number of allylic oxidation sites excluding steroid dienone is 2. The van der Waals surface area contributed by atoms with Crippen LogP contribution < -0.4 is 9.47 Å². The molecule has 0 amide bonds. The van der Waals surface area contributed by atoms with Crippen LogP contribution in [0.1, 0.15) is 51.7 Å². The molecule has 0 heterocycles. The molecule has 0 saturated carbocycles. The molecule has 0 spiro atoms. The first kappa shape index (κ1) is 29.6. The minimum absolute atomic E-state index is 0.158. The van der Waals surface area contributed by atoms with Gasteiger partial charge in [-0.15, -0.1) is 0 Å². The molecule has 2 unspecified atom stereocenters. The van der Waals surface area contributed by atoms with Crippen LogP contribution in [0.3, 0.4) is 0 Å². The Morgan fingerprint density at radius 1 is 0.730 bits per heavy atom. The fourth-order valence-electron chi connectivity index (χ4n) is 3.39. The van der Waals surface area contributed by atoms with Gasteiger partial charge in [0, 0.05) is 30.4 Å². The molecule has 2 aromatic carbocycles. The standard InChI is InChI=1S/C29H36O8/c1-5-7-25(30)36-27(32)17-19-34-23-13-9-21(10-14-23)29(3,4)22-11-15-24(16-12-22)35-20-18-28(33)37-26(31)8-6-2/h5-16,27-28,32-33H,17-20H2,1-4H3. The van der Waals surface area contributed by atoms with Crippen molar-refractivity contribution in [2.45, 2.75) is 58.5 Å². The van der Waals surface area contributed by atoms with Gasteiger partial charge in [0.1, 0.15) is 11.5 Å². The van der Waals surface area contributed by atoms with Crippen LogP contribution in [0.4, 0.5) is 0 Å². The van der Waals surface area contributed by atoms with Gasteiger partial charge in [-0.1, -0.05) is 50.3 Å². The van der Waals surface area contributed by atoms with Crippen molar-refractivity contribution >= 4 is 11.9 Å². The molecule has 0 radical (unpaired) electrons. The van der Waals surface area contributed by atoms with Gasteiger partial charge in [-0.3, -0.25) is 0 Å². The van der Waals surface area contributed by atoms with Crippen LogP contribution in [0, 0.1) is 0 Å². The highest BCUT2D eigenvalue weighted by Gasteiger charge is 2.23. The van der Waals surface area contributed by atoms with E-state index in [1.807, 2.05) is 48.5 Å². The smallest absolute Gasteiger partial charge is 0.332 e. The third-order valence-electron chi connectivity index (χ3n) is 5.53. The number of ether oxygens (including phenoxy) is 4. The minimum atomic E-state index is -1.22. The first-order chi connectivity index (χ1) is 17.6. The highest BCUT2D eigenvalue weighted by molar-refractivity contribution is 5.82. The number of aliphatic hydroxyl groups excluding tert-OH is 2. The summed E-state index contributed by atoms with van der Waals surface area (Å²) in [6, 6.07) is 15.4. The lowest BCUT2D eigenvalue weighted by atomic mass is 9.78. The summed E-state index contributed by atoms with van der Waals surface area (Å²) >= 11 is 0. The predicted octanol–water partition coefficient (Wildman–Crippen LogP) is 4.43. The van der Waals surface area contributed by atoms with E-state index in [0.29, 0.717) is 11.5 Å². The molecule has 8 heteroatoms. The quantitative estimate of drug-likeness (QED) is 0.217. The van der Waals surface area contributed by atoms with E-state index < -0.39 is 24.5 Å².